The third-order valence-electron chi connectivity index (χ3n) is 9.94. The molecule has 0 N–H and O–H groups in total. The highest BCUT2D eigenvalue weighted by Gasteiger charge is 2.44. The van der Waals surface area contributed by atoms with Crippen molar-refractivity contribution in [3.05, 3.63) is 156 Å². The van der Waals surface area contributed by atoms with Crippen LogP contribution in [0.15, 0.2) is 140 Å². The minimum absolute atomic E-state index is 0.0731. The number of benzene rings is 6. The molecule has 0 unspecified atom stereocenters. The average Bonchev–Trinajstić information content (AvgIpc) is 3.12. The second kappa shape index (κ2) is 11.1. The monoisotopic (exact) mass is 604 g/mol. The molecular formula is C44H33BO2. The molecule has 224 valence electrons. The Kier molecular flexibility index (Phi) is 6.53. The van der Waals surface area contributed by atoms with Gasteiger partial charge in [0.25, 0.3) is 6.71 Å². The van der Waals surface area contributed by atoms with Gasteiger partial charge in [0.1, 0.15) is 23.0 Å². The number of ether oxygens (including phenoxy) is 2. The maximum atomic E-state index is 7.25. The van der Waals surface area contributed by atoms with Crippen LogP contribution in [0.25, 0.3) is 39.0 Å². The normalized spacial score (nSPS) is 13.9. The molecule has 0 spiro atoms. The summed E-state index contributed by atoms with van der Waals surface area (Å²) in [5.41, 5.74) is 14.9. The molecule has 0 saturated carbocycles. The highest BCUT2D eigenvalue weighted by atomic mass is 16.5. The van der Waals surface area contributed by atoms with Crippen LogP contribution in [0.3, 0.4) is 0 Å². The first-order chi connectivity index (χ1) is 23.2. The molecule has 2 nitrogen and oxygen atoms in total. The van der Waals surface area contributed by atoms with Gasteiger partial charge < -0.3 is 9.47 Å². The molecule has 0 atom stereocenters. The van der Waals surface area contributed by atoms with Crippen molar-refractivity contribution in [2.45, 2.75) is 26.7 Å². The van der Waals surface area contributed by atoms with E-state index in [4.69, 9.17) is 9.47 Å². The zero-order chi connectivity index (χ0) is 31.5. The highest BCUT2D eigenvalue weighted by Crippen LogP contribution is 2.49. The van der Waals surface area contributed by atoms with Crippen LogP contribution in [-0.2, 0) is 0 Å². The minimum Gasteiger partial charge on any atom is -0.457 e. The molecule has 2 aliphatic heterocycles. The molecule has 0 radical (unpaired) electrons. The van der Waals surface area contributed by atoms with E-state index < -0.39 is 0 Å². The van der Waals surface area contributed by atoms with E-state index in [0.717, 1.165) is 80.1 Å². The third kappa shape index (κ3) is 4.41. The first kappa shape index (κ1) is 27.7. The minimum atomic E-state index is -0.0731. The van der Waals surface area contributed by atoms with Crippen LogP contribution in [0.1, 0.15) is 29.5 Å². The van der Waals surface area contributed by atoms with Crippen molar-refractivity contribution in [3.63, 3.8) is 0 Å². The van der Waals surface area contributed by atoms with Crippen LogP contribution in [-0.4, -0.2) is 6.71 Å². The van der Waals surface area contributed by atoms with Crippen LogP contribution < -0.4 is 25.9 Å². The quantitative estimate of drug-likeness (QED) is 0.186. The second-order valence-electron chi connectivity index (χ2n) is 12.8. The standard InChI is InChI=1S/C44H33BO2/c1-28-15-9-11-21-32(28)36-27-37(33-22-12-10-16-29(33)2)44-40-43(36)46-41-34(30-17-5-3-6-18-30)23-13-25-38(41)45(40)39-26-14-24-35(42(39)47-44)31-19-7-4-8-20-31/h3,5-7,9-27H,4,8H2,1-2H3. The zero-order valence-electron chi connectivity index (χ0n) is 26.6. The van der Waals surface area contributed by atoms with Gasteiger partial charge in [-0.15, -0.1) is 0 Å². The summed E-state index contributed by atoms with van der Waals surface area (Å²) in [6, 6.07) is 43.4. The Morgan fingerprint density at radius 2 is 1.04 bits per heavy atom. The molecule has 0 amide bonds. The van der Waals surface area contributed by atoms with Gasteiger partial charge in [0.15, 0.2) is 0 Å². The van der Waals surface area contributed by atoms with E-state index >= 15 is 0 Å². The largest absolute Gasteiger partial charge is 0.457 e. The van der Waals surface area contributed by atoms with E-state index in [-0.39, 0.29) is 6.71 Å². The van der Waals surface area contributed by atoms with E-state index in [1.807, 2.05) is 0 Å². The molecule has 0 bridgehead atoms. The molecule has 3 heteroatoms. The van der Waals surface area contributed by atoms with Gasteiger partial charge in [-0.3, -0.25) is 0 Å². The molecular weight excluding hydrogens is 571 g/mol. The molecule has 9 rings (SSSR count). The molecule has 6 aromatic carbocycles. The van der Waals surface area contributed by atoms with Gasteiger partial charge in [-0.25, -0.2) is 0 Å². The predicted molar refractivity (Wildman–Crippen MR) is 196 cm³/mol. The van der Waals surface area contributed by atoms with E-state index in [1.165, 1.54) is 27.7 Å². The summed E-state index contributed by atoms with van der Waals surface area (Å²) in [5.74, 6) is 3.61. The summed E-state index contributed by atoms with van der Waals surface area (Å²) < 4.78 is 14.5. The fraction of sp³-hybridized carbons (Fsp3) is 0.0909. The number of fused-ring (bicyclic) bond motifs is 4. The van der Waals surface area contributed by atoms with Gasteiger partial charge in [0.2, 0.25) is 0 Å². The van der Waals surface area contributed by atoms with E-state index in [9.17, 15) is 0 Å². The van der Waals surface area contributed by atoms with E-state index in [2.05, 4.69) is 153 Å². The fourth-order valence-corrected chi connectivity index (χ4v) is 7.66. The lowest BCUT2D eigenvalue weighted by Gasteiger charge is -2.37. The number of para-hydroxylation sites is 2. The summed E-state index contributed by atoms with van der Waals surface area (Å²) in [4.78, 5) is 0. The van der Waals surface area contributed by atoms with Crippen LogP contribution in [0.2, 0.25) is 0 Å². The summed E-state index contributed by atoms with van der Waals surface area (Å²) in [6.45, 7) is 4.29. The predicted octanol–water partition coefficient (Wildman–Crippen LogP) is 9.77. The average molecular weight is 605 g/mol. The lowest BCUT2D eigenvalue weighted by molar-refractivity contribution is 0.467. The second-order valence-corrected chi connectivity index (χ2v) is 12.8. The number of hydrogen-bond acceptors (Lipinski definition) is 2. The van der Waals surface area contributed by atoms with Crippen molar-refractivity contribution in [1.29, 1.82) is 0 Å². The highest BCUT2D eigenvalue weighted by molar-refractivity contribution is 6.98. The molecule has 2 heterocycles. The molecule has 6 aromatic rings. The van der Waals surface area contributed by atoms with Crippen molar-refractivity contribution in [1.82, 2.24) is 0 Å². The van der Waals surface area contributed by atoms with Crippen LogP contribution in [0.5, 0.6) is 23.0 Å². The van der Waals surface area contributed by atoms with Crippen molar-refractivity contribution in [3.8, 4) is 56.4 Å². The van der Waals surface area contributed by atoms with Crippen molar-refractivity contribution >= 4 is 28.7 Å². The summed E-state index contributed by atoms with van der Waals surface area (Å²) in [7, 11) is 0. The van der Waals surface area contributed by atoms with E-state index in [0.29, 0.717) is 0 Å². The Hall–Kier alpha value is -5.54. The maximum Gasteiger partial charge on any atom is 0.260 e. The Morgan fingerprint density at radius 1 is 0.489 bits per heavy atom. The Labute approximate surface area is 276 Å². The lowest BCUT2D eigenvalue weighted by Crippen LogP contribution is -2.58. The van der Waals surface area contributed by atoms with Crippen molar-refractivity contribution < 1.29 is 9.47 Å². The smallest absolute Gasteiger partial charge is 0.260 e. The molecule has 3 aliphatic rings. The van der Waals surface area contributed by atoms with Gasteiger partial charge in [-0.1, -0.05) is 133 Å². The summed E-state index contributed by atoms with van der Waals surface area (Å²) >= 11 is 0. The number of aryl methyl sites for hydroxylation is 2. The number of allylic oxidation sites excluding steroid dienone is 4. The van der Waals surface area contributed by atoms with Crippen LogP contribution >= 0.6 is 0 Å². The fourth-order valence-electron chi connectivity index (χ4n) is 7.66. The topological polar surface area (TPSA) is 18.5 Å². The molecule has 0 aromatic heterocycles. The van der Waals surface area contributed by atoms with Gasteiger partial charge in [-0.2, -0.15) is 0 Å². The Bertz CT molecular complexity index is 2280. The molecule has 1 aliphatic carbocycles. The molecule has 0 saturated heterocycles. The lowest BCUT2D eigenvalue weighted by atomic mass is 9.34. The van der Waals surface area contributed by atoms with Crippen molar-refractivity contribution in [2.24, 2.45) is 0 Å². The van der Waals surface area contributed by atoms with Crippen LogP contribution in [0, 0.1) is 13.8 Å². The van der Waals surface area contributed by atoms with Crippen LogP contribution in [0.4, 0.5) is 0 Å². The number of hydrogen-bond donors (Lipinski definition) is 0. The van der Waals surface area contributed by atoms with Gasteiger partial charge in [0.05, 0.1) is 0 Å². The van der Waals surface area contributed by atoms with Gasteiger partial charge >= 0.3 is 0 Å². The molecule has 0 fully saturated rings. The summed E-state index contributed by atoms with van der Waals surface area (Å²) in [6.07, 6.45) is 8.96. The SMILES string of the molecule is Cc1ccccc1-c1cc(-c2ccccc2C)c2c3c1Oc1c(cccc1C1=CCCC=C1)B3c1cccc(-c3ccccc3)c1O2. The summed E-state index contributed by atoms with van der Waals surface area (Å²) in [5, 5.41) is 0. The first-order valence-corrected chi connectivity index (χ1v) is 16.5. The van der Waals surface area contributed by atoms with Gasteiger partial charge in [-0.05, 0) is 77.1 Å². The van der Waals surface area contributed by atoms with Gasteiger partial charge in [0, 0.05) is 27.7 Å². The first-order valence-electron chi connectivity index (χ1n) is 16.5. The Balaban J connectivity index is 1.41. The third-order valence-corrected chi connectivity index (χ3v) is 9.94. The van der Waals surface area contributed by atoms with Crippen molar-refractivity contribution in [2.75, 3.05) is 0 Å². The maximum absolute atomic E-state index is 7.25. The number of rotatable bonds is 4. The zero-order valence-corrected chi connectivity index (χ0v) is 26.6. The molecule has 47 heavy (non-hydrogen) atoms. The Morgan fingerprint density at radius 3 is 1.64 bits per heavy atom. The van der Waals surface area contributed by atoms with E-state index in [1.54, 1.807) is 0 Å².